The van der Waals surface area contributed by atoms with Crippen LogP contribution in [0, 0.1) is 0 Å². The van der Waals surface area contributed by atoms with Gasteiger partial charge in [0, 0.05) is 11.3 Å². The molecule has 0 atom stereocenters. The van der Waals surface area contributed by atoms with Crippen molar-refractivity contribution in [2.75, 3.05) is 0 Å². The number of carboxylic acids is 1. The molecule has 1 aromatic carbocycles. The molecular formula is C13H11KO3S. The summed E-state index contributed by atoms with van der Waals surface area (Å²) in [5, 5.41) is 8.59. The van der Waals surface area contributed by atoms with Crippen LogP contribution < -0.4 is 0 Å². The molecule has 0 aliphatic carbocycles. The van der Waals surface area contributed by atoms with Gasteiger partial charge in [-0.1, -0.05) is 30.3 Å². The zero-order valence-electron chi connectivity index (χ0n) is 8.92. The molecule has 2 rings (SSSR count). The van der Waals surface area contributed by atoms with E-state index in [0.717, 1.165) is 16.9 Å². The van der Waals surface area contributed by atoms with Gasteiger partial charge in [-0.15, -0.1) is 11.3 Å². The summed E-state index contributed by atoms with van der Waals surface area (Å²) in [4.78, 5) is 23.0. The molecule has 0 fully saturated rings. The quantitative estimate of drug-likeness (QED) is 0.531. The van der Waals surface area contributed by atoms with E-state index in [1.807, 2.05) is 30.3 Å². The minimum absolute atomic E-state index is 0. The van der Waals surface area contributed by atoms with Crippen molar-refractivity contribution in [2.24, 2.45) is 0 Å². The van der Waals surface area contributed by atoms with Crippen LogP contribution in [0.2, 0.25) is 0 Å². The number of Topliss-reactive ketones (excluding diaryl/α,β-unsaturated/α-hetero) is 1. The molecule has 1 N–H and O–H groups in total. The van der Waals surface area contributed by atoms with Crippen LogP contribution in [0.4, 0.5) is 0 Å². The third-order valence-electron chi connectivity index (χ3n) is 2.30. The summed E-state index contributed by atoms with van der Waals surface area (Å²) in [7, 11) is 0. The average Bonchev–Trinajstić information content (AvgIpc) is 2.77. The SMILES string of the molecule is O=C(O)C(=O)c1ccc(Cc2ccccc2)s1.[KH]. The predicted molar refractivity (Wildman–Crippen MR) is 72.7 cm³/mol. The number of aliphatic carboxylic acids is 1. The summed E-state index contributed by atoms with van der Waals surface area (Å²) in [6.45, 7) is 0. The molecule has 3 nitrogen and oxygen atoms in total. The van der Waals surface area contributed by atoms with E-state index in [-0.39, 0.29) is 56.3 Å². The number of rotatable bonds is 4. The van der Waals surface area contributed by atoms with Gasteiger partial charge in [0.1, 0.15) is 0 Å². The average molecular weight is 286 g/mol. The summed E-state index contributed by atoms with van der Waals surface area (Å²) in [6, 6.07) is 13.2. The van der Waals surface area contributed by atoms with Crippen molar-refractivity contribution in [1.82, 2.24) is 0 Å². The maximum atomic E-state index is 11.2. The Morgan fingerprint density at radius 2 is 1.72 bits per heavy atom. The van der Waals surface area contributed by atoms with Crippen molar-refractivity contribution >= 4 is 74.5 Å². The zero-order valence-corrected chi connectivity index (χ0v) is 9.74. The van der Waals surface area contributed by atoms with Crippen molar-refractivity contribution in [3.63, 3.8) is 0 Å². The zero-order chi connectivity index (χ0) is 12.3. The van der Waals surface area contributed by atoms with E-state index in [4.69, 9.17) is 5.11 Å². The first-order valence-electron chi connectivity index (χ1n) is 5.07. The number of hydrogen-bond acceptors (Lipinski definition) is 3. The molecule has 0 bridgehead atoms. The molecule has 18 heavy (non-hydrogen) atoms. The van der Waals surface area contributed by atoms with Gasteiger partial charge < -0.3 is 5.11 Å². The van der Waals surface area contributed by atoms with Gasteiger partial charge in [0.25, 0.3) is 5.78 Å². The molecule has 0 saturated heterocycles. The number of benzene rings is 1. The van der Waals surface area contributed by atoms with E-state index in [9.17, 15) is 9.59 Å². The molecule has 1 heterocycles. The molecule has 0 radical (unpaired) electrons. The Morgan fingerprint density at radius 3 is 2.33 bits per heavy atom. The molecule has 5 heteroatoms. The van der Waals surface area contributed by atoms with Gasteiger partial charge in [-0.3, -0.25) is 4.79 Å². The Morgan fingerprint density at radius 1 is 1.06 bits per heavy atom. The molecule has 1 aromatic heterocycles. The fraction of sp³-hybridized carbons (Fsp3) is 0.0769. The van der Waals surface area contributed by atoms with Gasteiger partial charge in [0.2, 0.25) is 0 Å². The number of carbonyl (C=O) groups is 2. The van der Waals surface area contributed by atoms with E-state index >= 15 is 0 Å². The van der Waals surface area contributed by atoms with Gasteiger partial charge >= 0.3 is 57.4 Å². The second kappa shape index (κ2) is 7.33. The first-order chi connectivity index (χ1) is 8.16. The summed E-state index contributed by atoms with van der Waals surface area (Å²) >= 11 is 1.23. The monoisotopic (exact) mass is 286 g/mol. The number of hydrogen-bond donors (Lipinski definition) is 1. The Balaban J connectivity index is 0.00000162. The number of carbonyl (C=O) groups excluding carboxylic acids is 1. The van der Waals surface area contributed by atoms with Crippen LogP contribution in [0.5, 0.6) is 0 Å². The van der Waals surface area contributed by atoms with Crippen LogP contribution in [0.25, 0.3) is 0 Å². The van der Waals surface area contributed by atoms with Gasteiger partial charge in [0.15, 0.2) is 0 Å². The van der Waals surface area contributed by atoms with Gasteiger partial charge in [-0.05, 0) is 17.7 Å². The van der Waals surface area contributed by atoms with Crippen LogP contribution in [-0.4, -0.2) is 68.2 Å². The molecular weight excluding hydrogens is 275 g/mol. The van der Waals surface area contributed by atoms with Crippen molar-refractivity contribution in [3.8, 4) is 0 Å². The van der Waals surface area contributed by atoms with Crippen molar-refractivity contribution in [3.05, 3.63) is 57.8 Å². The normalized spacial score (nSPS) is 9.56. The first kappa shape index (κ1) is 15.8. The standard InChI is InChI=1S/C13H10O3S.K.H/c14-12(13(15)16)11-7-6-10(17-11)8-9-4-2-1-3-5-9;;/h1-7H,8H2,(H,15,16);;. The van der Waals surface area contributed by atoms with Crippen LogP contribution in [0.1, 0.15) is 20.1 Å². The second-order valence-electron chi connectivity index (χ2n) is 3.56. The van der Waals surface area contributed by atoms with E-state index in [2.05, 4.69) is 0 Å². The van der Waals surface area contributed by atoms with Gasteiger partial charge in [-0.2, -0.15) is 0 Å². The van der Waals surface area contributed by atoms with E-state index in [1.54, 1.807) is 12.1 Å². The van der Waals surface area contributed by atoms with E-state index in [1.165, 1.54) is 11.3 Å². The first-order valence-corrected chi connectivity index (χ1v) is 5.89. The molecule has 0 aliphatic rings. The number of ketones is 1. The summed E-state index contributed by atoms with van der Waals surface area (Å²) < 4.78 is 0. The molecule has 2 aromatic rings. The third kappa shape index (κ3) is 4.12. The van der Waals surface area contributed by atoms with Crippen LogP contribution in [-0.2, 0) is 11.2 Å². The molecule has 88 valence electrons. The molecule has 0 unspecified atom stereocenters. The predicted octanol–water partition coefficient (Wildman–Crippen LogP) is 1.96. The van der Waals surface area contributed by atoms with Gasteiger partial charge in [-0.25, -0.2) is 4.79 Å². The number of carboxylic acid groups (broad SMARTS) is 1. The minimum atomic E-state index is -1.40. The summed E-state index contributed by atoms with van der Waals surface area (Å²) in [6.07, 6.45) is 0.721. The molecule has 0 spiro atoms. The summed E-state index contributed by atoms with van der Waals surface area (Å²) in [5.41, 5.74) is 1.14. The third-order valence-corrected chi connectivity index (χ3v) is 3.38. The Labute approximate surface area is 151 Å². The van der Waals surface area contributed by atoms with Crippen molar-refractivity contribution in [1.29, 1.82) is 0 Å². The van der Waals surface area contributed by atoms with Crippen LogP contribution >= 0.6 is 11.3 Å². The fourth-order valence-corrected chi connectivity index (χ4v) is 2.47. The van der Waals surface area contributed by atoms with Crippen LogP contribution in [0.3, 0.4) is 0 Å². The maximum absolute atomic E-state index is 11.2. The summed E-state index contributed by atoms with van der Waals surface area (Å²) in [5.74, 6) is -2.24. The molecule has 0 saturated carbocycles. The van der Waals surface area contributed by atoms with E-state index in [0.29, 0.717) is 0 Å². The number of thiophene rings is 1. The van der Waals surface area contributed by atoms with Gasteiger partial charge in [0.05, 0.1) is 4.88 Å². The fourth-order valence-electron chi connectivity index (χ4n) is 1.50. The Hall–Kier alpha value is -0.304. The Kier molecular flexibility index (Phi) is 6.41. The van der Waals surface area contributed by atoms with Crippen molar-refractivity contribution < 1.29 is 14.7 Å². The Bertz CT molecular complexity index is 548. The van der Waals surface area contributed by atoms with Crippen molar-refractivity contribution in [2.45, 2.75) is 6.42 Å². The van der Waals surface area contributed by atoms with E-state index < -0.39 is 11.8 Å². The second-order valence-corrected chi connectivity index (χ2v) is 4.73. The topological polar surface area (TPSA) is 54.4 Å². The van der Waals surface area contributed by atoms with Crippen LogP contribution in [0.15, 0.2) is 42.5 Å². The molecule has 0 amide bonds. The molecule has 0 aliphatic heterocycles.